The first-order chi connectivity index (χ1) is 13.7. The number of anilines is 1. The van der Waals surface area contributed by atoms with Gasteiger partial charge in [-0.3, -0.25) is 4.99 Å². The second-order valence-electron chi connectivity index (χ2n) is 6.87. The van der Waals surface area contributed by atoms with Crippen molar-refractivity contribution in [1.29, 1.82) is 0 Å². The molecule has 28 heavy (non-hydrogen) atoms. The van der Waals surface area contributed by atoms with Crippen LogP contribution in [0.25, 0.3) is 0 Å². The van der Waals surface area contributed by atoms with E-state index in [9.17, 15) is 4.39 Å². The van der Waals surface area contributed by atoms with Gasteiger partial charge in [-0.1, -0.05) is 6.07 Å². The van der Waals surface area contributed by atoms with Crippen LogP contribution in [0.5, 0.6) is 0 Å². The molecule has 1 saturated heterocycles. The molecule has 1 aliphatic rings. The molecule has 1 aliphatic heterocycles. The molecule has 1 aromatic rings. The van der Waals surface area contributed by atoms with Crippen LogP contribution in [0, 0.1) is 5.82 Å². The van der Waals surface area contributed by atoms with Crippen molar-refractivity contribution in [3.8, 4) is 0 Å². The number of ether oxygens (including phenoxy) is 2. The molecule has 7 heteroatoms. The van der Waals surface area contributed by atoms with E-state index in [0.717, 1.165) is 51.1 Å². The van der Waals surface area contributed by atoms with Gasteiger partial charge in [0.2, 0.25) is 0 Å². The van der Waals surface area contributed by atoms with Gasteiger partial charge in [-0.2, -0.15) is 0 Å². The minimum absolute atomic E-state index is 0.186. The number of guanidine groups is 1. The van der Waals surface area contributed by atoms with Crippen LogP contribution in [-0.2, 0) is 16.0 Å². The molecule has 2 rings (SSSR count). The zero-order chi connectivity index (χ0) is 20.2. The van der Waals surface area contributed by atoms with Gasteiger partial charge in [0.25, 0.3) is 0 Å². The number of nitrogens with one attached hydrogen (secondary N) is 2. The third-order valence-electron chi connectivity index (χ3n) is 4.89. The Bertz CT molecular complexity index is 602. The molecule has 1 unspecified atom stereocenters. The predicted octanol–water partition coefficient (Wildman–Crippen LogP) is 2.92. The Kier molecular flexibility index (Phi) is 10.1. The third kappa shape index (κ3) is 7.28. The minimum Gasteiger partial charge on any atom is -0.379 e. The Morgan fingerprint density at radius 3 is 2.79 bits per heavy atom. The number of hydrogen-bond donors (Lipinski definition) is 2. The Labute approximate surface area is 168 Å². The summed E-state index contributed by atoms with van der Waals surface area (Å²) < 4.78 is 25.6. The van der Waals surface area contributed by atoms with Crippen molar-refractivity contribution in [3.05, 3.63) is 29.6 Å². The van der Waals surface area contributed by atoms with Crippen molar-refractivity contribution >= 4 is 11.6 Å². The highest BCUT2D eigenvalue weighted by Gasteiger charge is 2.15. The summed E-state index contributed by atoms with van der Waals surface area (Å²) in [5.41, 5.74) is 1.54. The zero-order valence-corrected chi connectivity index (χ0v) is 17.5. The summed E-state index contributed by atoms with van der Waals surface area (Å²) in [7, 11) is 1.73. The third-order valence-corrected chi connectivity index (χ3v) is 4.89. The van der Waals surface area contributed by atoms with Gasteiger partial charge in [0.05, 0.1) is 18.4 Å². The van der Waals surface area contributed by atoms with Gasteiger partial charge >= 0.3 is 0 Å². The number of halogens is 1. The van der Waals surface area contributed by atoms with Gasteiger partial charge in [-0.15, -0.1) is 0 Å². The lowest BCUT2D eigenvalue weighted by molar-refractivity contribution is 0.0168. The monoisotopic (exact) mass is 394 g/mol. The summed E-state index contributed by atoms with van der Waals surface area (Å²) >= 11 is 0. The van der Waals surface area contributed by atoms with Crippen molar-refractivity contribution in [3.63, 3.8) is 0 Å². The fourth-order valence-electron chi connectivity index (χ4n) is 3.26. The van der Waals surface area contributed by atoms with Gasteiger partial charge in [-0.25, -0.2) is 4.39 Å². The molecule has 1 heterocycles. The molecule has 0 bridgehead atoms. The van der Waals surface area contributed by atoms with Gasteiger partial charge in [0.15, 0.2) is 5.96 Å². The van der Waals surface area contributed by atoms with E-state index in [1.807, 2.05) is 30.9 Å². The molecule has 1 atom stereocenters. The Morgan fingerprint density at radius 1 is 1.32 bits per heavy atom. The van der Waals surface area contributed by atoms with Gasteiger partial charge in [0.1, 0.15) is 5.82 Å². The second-order valence-corrected chi connectivity index (χ2v) is 6.87. The number of hydrogen-bond acceptors (Lipinski definition) is 4. The summed E-state index contributed by atoms with van der Waals surface area (Å²) in [5, 5.41) is 6.48. The molecule has 0 radical (unpaired) electrons. The van der Waals surface area contributed by atoms with Gasteiger partial charge in [-0.05, 0) is 50.8 Å². The minimum atomic E-state index is -0.186. The molecular formula is C21H35FN4O2. The SMILES string of the molecule is CCN(CC)c1ccc(CNC(=NC)NCCCOCC2CCCO2)cc1F. The normalized spacial score (nSPS) is 17.0. The number of benzene rings is 1. The first-order valence-corrected chi connectivity index (χ1v) is 10.3. The van der Waals surface area contributed by atoms with Crippen LogP contribution in [0.15, 0.2) is 23.2 Å². The molecule has 6 nitrogen and oxygen atoms in total. The lowest BCUT2D eigenvalue weighted by Crippen LogP contribution is -2.37. The second kappa shape index (κ2) is 12.6. The predicted molar refractivity (Wildman–Crippen MR) is 113 cm³/mol. The zero-order valence-electron chi connectivity index (χ0n) is 17.5. The maximum absolute atomic E-state index is 14.4. The molecule has 158 valence electrons. The largest absolute Gasteiger partial charge is 0.379 e. The van der Waals surface area contributed by atoms with Crippen LogP contribution in [0.2, 0.25) is 0 Å². The first kappa shape index (κ1) is 22.4. The topological polar surface area (TPSA) is 58.1 Å². The number of aliphatic imine (C=N–C) groups is 1. The van der Waals surface area contributed by atoms with Crippen molar-refractivity contribution in [1.82, 2.24) is 10.6 Å². The van der Waals surface area contributed by atoms with E-state index in [-0.39, 0.29) is 11.9 Å². The highest BCUT2D eigenvalue weighted by atomic mass is 19.1. The highest BCUT2D eigenvalue weighted by Crippen LogP contribution is 2.20. The lowest BCUT2D eigenvalue weighted by Gasteiger charge is -2.22. The standard InChI is InChI=1S/C21H35FN4O2/c1-4-26(5-2)20-10-9-17(14-19(20)22)15-25-21(23-3)24-11-7-12-27-16-18-8-6-13-28-18/h9-10,14,18H,4-8,11-13,15-16H2,1-3H3,(H2,23,24,25). The molecule has 1 aromatic carbocycles. The Morgan fingerprint density at radius 2 is 2.14 bits per heavy atom. The number of nitrogens with zero attached hydrogens (tertiary/aromatic N) is 2. The summed E-state index contributed by atoms with van der Waals surface area (Å²) in [6.45, 7) is 9.16. The summed E-state index contributed by atoms with van der Waals surface area (Å²) in [6.07, 6.45) is 3.40. The van der Waals surface area contributed by atoms with E-state index >= 15 is 0 Å². The molecule has 0 aromatic heterocycles. The molecule has 0 saturated carbocycles. The van der Waals surface area contributed by atoms with E-state index in [1.165, 1.54) is 0 Å². The van der Waals surface area contributed by atoms with Crippen LogP contribution in [0.1, 0.15) is 38.7 Å². The van der Waals surface area contributed by atoms with Crippen molar-refractivity contribution in [2.75, 3.05) is 51.4 Å². The fraction of sp³-hybridized carbons (Fsp3) is 0.667. The fourth-order valence-corrected chi connectivity index (χ4v) is 3.26. The molecule has 0 aliphatic carbocycles. The maximum Gasteiger partial charge on any atom is 0.191 e. The van der Waals surface area contributed by atoms with Crippen molar-refractivity contribution in [2.24, 2.45) is 4.99 Å². The van der Waals surface area contributed by atoms with E-state index < -0.39 is 0 Å². The maximum atomic E-state index is 14.4. The molecule has 0 spiro atoms. The van der Waals surface area contributed by atoms with Crippen molar-refractivity contribution in [2.45, 2.75) is 45.8 Å². The average molecular weight is 395 g/mol. The molecule has 2 N–H and O–H groups in total. The van der Waals surface area contributed by atoms with E-state index in [4.69, 9.17) is 9.47 Å². The van der Waals surface area contributed by atoms with Crippen LogP contribution < -0.4 is 15.5 Å². The van der Waals surface area contributed by atoms with Gasteiger partial charge < -0.3 is 25.0 Å². The molecule has 1 fully saturated rings. The lowest BCUT2D eigenvalue weighted by atomic mass is 10.2. The summed E-state index contributed by atoms with van der Waals surface area (Å²) in [5.74, 6) is 0.515. The molecular weight excluding hydrogens is 359 g/mol. The quantitative estimate of drug-likeness (QED) is 0.343. The molecule has 0 amide bonds. The van der Waals surface area contributed by atoms with Crippen LogP contribution in [0.3, 0.4) is 0 Å². The van der Waals surface area contributed by atoms with E-state index in [1.54, 1.807) is 13.1 Å². The Hall–Kier alpha value is -1.86. The smallest absolute Gasteiger partial charge is 0.191 e. The van der Waals surface area contributed by atoms with Crippen molar-refractivity contribution < 1.29 is 13.9 Å². The van der Waals surface area contributed by atoms with Crippen LogP contribution >= 0.6 is 0 Å². The number of rotatable bonds is 11. The van der Waals surface area contributed by atoms with E-state index in [0.29, 0.717) is 31.4 Å². The summed E-state index contributed by atoms with van der Waals surface area (Å²) in [4.78, 5) is 6.22. The highest BCUT2D eigenvalue weighted by molar-refractivity contribution is 5.79. The van der Waals surface area contributed by atoms with Crippen LogP contribution in [0.4, 0.5) is 10.1 Å². The first-order valence-electron chi connectivity index (χ1n) is 10.3. The van der Waals surface area contributed by atoms with E-state index in [2.05, 4.69) is 15.6 Å². The summed E-state index contributed by atoms with van der Waals surface area (Å²) in [6, 6.07) is 5.39. The Balaban J connectivity index is 1.66. The van der Waals surface area contributed by atoms with Crippen LogP contribution in [-0.4, -0.2) is 58.6 Å². The average Bonchev–Trinajstić information content (AvgIpc) is 3.22. The van der Waals surface area contributed by atoms with Gasteiger partial charge in [0, 0.05) is 46.4 Å².